The van der Waals surface area contributed by atoms with Crippen molar-refractivity contribution in [3.63, 3.8) is 0 Å². The third-order valence-corrected chi connectivity index (χ3v) is 10.3. The Morgan fingerprint density at radius 1 is 1.27 bits per heavy atom. The van der Waals surface area contributed by atoms with Crippen LogP contribution >= 0.6 is 53.5 Å². The molecule has 0 bridgehead atoms. The van der Waals surface area contributed by atoms with E-state index in [0.29, 0.717) is 0 Å². The molecule has 0 fully saturated rings. The fourth-order valence-corrected chi connectivity index (χ4v) is 8.35. The second-order valence-electron chi connectivity index (χ2n) is 3.74. The zero-order valence-corrected chi connectivity index (χ0v) is 14.9. The molecule has 1 nitrogen and oxygen atoms in total. The standard InChI is InChI=1S/C8H19NS5Si/c1-9(2)8(10)12-14-13-11-6-5-7-15(3)4/h15H,5-7H2,1-4H3. The van der Waals surface area contributed by atoms with Crippen LogP contribution < -0.4 is 0 Å². The highest BCUT2D eigenvalue weighted by molar-refractivity contribution is 9.27. The maximum atomic E-state index is 5.16. The van der Waals surface area contributed by atoms with Crippen molar-refractivity contribution < 1.29 is 0 Å². The van der Waals surface area contributed by atoms with Crippen LogP contribution in [0.3, 0.4) is 0 Å². The van der Waals surface area contributed by atoms with Gasteiger partial charge in [0.25, 0.3) is 0 Å². The molecule has 7 heteroatoms. The van der Waals surface area contributed by atoms with Crippen molar-refractivity contribution in [2.75, 3.05) is 19.8 Å². The lowest BCUT2D eigenvalue weighted by Gasteiger charge is -2.10. The summed E-state index contributed by atoms with van der Waals surface area (Å²) in [6.07, 6.45) is 1.38. The topological polar surface area (TPSA) is 3.24 Å². The van der Waals surface area contributed by atoms with Gasteiger partial charge in [-0.15, -0.1) is 0 Å². The van der Waals surface area contributed by atoms with Gasteiger partial charge in [-0.1, -0.05) is 42.1 Å². The molecule has 0 amide bonds. The van der Waals surface area contributed by atoms with Gasteiger partial charge in [0.15, 0.2) is 0 Å². The van der Waals surface area contributed by atoms with Crippen LogP contribution in [0.4, 0.5) is 0 Å². The summed E-state index contributed by atoms with van der Waals surface area (Å²) >= 11 is 5.16. The smallest absolute Gasteiger partial charge is 0.147 e. The Bertz CT molecular complexity index is 176. The fourth-order valence-electron chi connectivity index (χ4n) is 0.722. The molecule has 0 atom stereocenters. The van der Waals surface area contributed by atoms with Gasteiger partial charge in [0.05, 0.1) is 0 Å². The van der Waals surface area contributed by atoms with Gasteiger partial charge in [-0.2, -0.15) is 0 Å². The molecule has 0 aliphatic rings. The van der Waals surface area contributed by atoms with Gasteiger partial charge in [-0.25, -0.2) is 0 Å². The average Bonchev–Trinajstić information content (AvgIpc) is 2.15. The predicted octanol–water partition coefficient (Wildman–Crippen LogP) is 4.39. The van der Waals surface area contributed by atoms with Crippen molar-refractivity contribution in [1.29, 1.82) is 0 Å². The van der Waals surface area contributed by atoms with Crippen molar-refractivity contribution in [3.8, 4) is 0 Å². The summed E-state index contributed by atoms with van der Waals surface area (Å²) in [5.41, 5.74) is 0. The van der Waals surface area contributed by atoms with E-state index in [2.05, 4.69) is 13.1 Å². The second-order valence-corrected chi connectivity index (χ2v) is 13.7. The van der Waals surface area contributed by atoms with Gasteiger partial charge in [0.2, 0.25) is 0 Å². The maximum Gasteiger partial charge on any atom is 0.147 e. The highest BCUT2D eigenvalue weighted by atomic mass is 33.7. The van der Waals surface area contributed by atoms with E-state index in [1.54, 1.807) is 20.6 Å². The van der Waals surface area contributed by atoms with Gasteiger partial charge in [-0.05, 0) is 36.9 Å². The van der Waals surface area contributed by atoms with E-state index >= 15 is 0 Å². The van der Waals surface area contributed by atoms with E-state index < -0.39 is 0 Å². The van der Waals surface area contributed by atoms with E-state index in [0.717, 1.165) is 4.32 Å². The minimum atomic E-state index is -0.321. The summed E-state index contributed by atoms with van der Waals surface area (Å²) in [6, 6.07) is 1.47. The zero-order valence-electron chi connectivity index (χ0n) is 9.69. The first-order valence-electron chi connectivity index (χ1n) is 4.88. The first-order chi connectivity index (χ1) is 7.04. The molecule has 15 heavy (non-hydrogen) atoms. The van der Waals surface area contributed by atoms with E-state index in [-0.39, 0.29) is 8.80 Å². The minimum Gasteiger partial charge on any atom is -0.363 e. The lowest BCUT2D eigenvalue weighted by molar-refractivity contribution is 0.648. The molecule has 0 unspecified atom stereocenters. The minimum absolute atomic E-state index is 0.321. The van der Waals surface area contributed by atoms with Crippen molar-refractivity contribution in [2.45, 2.75) is 25.6 Å². The molecule has 0 aromatic heterocycles. The van der Waals surface area contributed by atoms with Gasteiger partial charge in [0.1, 0.15) is 4.32 Å². The highest BCUT2D eigenvalue weighted by Crippen LogP contribution is 2.44. The Morgan fingerprint density at radius 2 is 1.93 bits per heavy atom. The predicted molar refractivity (Wildman–Crippen MR) is 89.8 cm³/mol. The maximum absolute atomic E-state index is 5.16. The lowest BCUT2D eigenvalue weighted by Crippen LogP contribution is -2.14. The Kier molecular flexibility index (Phi) is 11.7. The third kappa shape index (κ3) is 11.8. The average molecular weight is 318 g/mol. The monoisotopic (exact) mass is 317 g/mol. The van der Waals surface area contributed by atoms with Crippen LogP contribution in [0.1, 0.15) is 6.42 Å². The highest BCUT2D eigenvalue weighted by Gasteiger charge is 2.01. The van der Waals surface area contributed by atoms with Gasteiger partial charge in [-0.3, -0.25) is 0 Å². The lowest BCUT2D eigenvalue weighted by atomic mass is 10.6. The van der Waals surface area contributed by atoms with Crippen molar-refractivity contribution in [2.24, 2.45) is 0 Å². The number of rotatable bonds is 7. The van der Waals surface area contributed by atoms with Crippen LogP contribution in [-0.4, -0.2) is 37.9 Å². The number of thiocarbonyl (C=S) groups is 1. The van der Waals surface area contributed by atoms with E-state index in [1.165, 1.54) is 18.2 Å². The molecule has 0 aromatic rings. The van der Waals surface area contributed by atoms with Crippen LogP contribution in [0, 0.1) is 0 Å². The molecule has 0 aromatic carbocycles. The Hall–Kier alpha value is 1.51. The first-order valence-corrected chi connectivity index (χ1v) is 13.4. The summed E-state index contributed by atoms with van der Waals surface area (Å²) in [7, 11) is 10.9. The summed E-state index contributed by atoms with van der Waals surface area (Å²) in [4.78, 5) is 1.97. The molecule has 0 rings (SSSR count). The molecule has 0 aliphatic carbocycles. The van der Waals surface area contributed by atoms with Gasteiger partial charge >= 0.3 is 0 Å². The van der Waals surface area contributed by atoms with Crippen molar-refractivity contribution >= 4 is 66.6 Å². The number of hydrogen-bond donors (Lipinski definition) is 0. The van der Waals surface area contributed by atoms with Crippen LogP contribution in [0.25, 0.3) is 0 Å². The quantitative estimate of drug-likeness (QED) is 0.294. The van der Waals surface area contributed by atoms with Crippen LogP contribution in [0.2, 0.25) is 19.1 Å². The van der Waals surface area contributed by atoms with Crippen LogP contribution in [-0.2, 0) is 0 Å². The Morgan fingerprint density at radius 3 is 2.47 bits per heavy atom. The van der Waals surface area contributed by atoms with Crippen molar-refractivity contribution in [3.05, 3.63) is 0 Å². The number of nitrogens with zero attached hydrogens (tertiary/aromatic N) is 1. The molecule has 0 spiro atoms. The molecule has 0 heterocycles. The summed E-state index contributed by atoms with van der Waals surface area (Å²) in [5.74, 6) is 1.28. The van der Waals surface area contributed by atoms with Gasteiger partial charge < -0.3 is 4.90 Å². The second kappa shape index (κ2) is 10.6. The molecule has 0 saturated heterocycles. The van der Waals surface area contributed by atoms with Gasteiger partial charge in [0, 0.05) is 28.6 Å². The molecular weight excluding hydrogens is 299 g/mol. The largest absolute Gasteiger partial charge is 0.363 e. The SMILES string of the molecule is CN(C)C(=S)SSSSCCC[SiH](C)C. The zero-order chi connectivity index (χ0) is 11.7. The third-order valence-electron chi connectivity index (χ3n) is 1.56. The normalized spacial score (nSPS) is 10.7. The Balaban J connectivity index is 3.15. The molecular formula is C8H19NS5Si. The number of hydrogen-bond acceptors (Lipinski definition) is 5. The van der Waals surface area contributed by atoms with Crippen LogP contribution in [0.15, 0.2) is 0 Å². The molecule has 90 valence electrons. The van der Waals surface area contributed by atoms with E-state index in [4.69, 9.17) is 12.2 Å². The molecule has 0 N–H and O–H groups in total. The molecule has 0 saturated carbocycles. The Labute approximate surface area is 116 Å². The van der Waals surface area contributed by atoms with Crippen molar-refractivity contribution in [1.82, 2.24) is 4.90 Å². The van der Waals surface area contributed by atoms with E-state index in [9.17, 15) is 0 Å². The van der Waals surface area contributed by atoms with E-state index in [1.807, 2.05) is 39.6 Å². The fraction of sp³-hybridized carbons (Fsp3) is 0.875. The van der Waals surface area contributed by atoms with Crippen LogP contribution in [0.5, 0.6) is 0 Å². The molecule has 0 radical (unpaired) electrons. The summed E-state index contributed by atoms with van der Waals surface area (Å²) in [6.45, 7) is 4.83. The summed E-state index contributed by atoms with van der Waals surface area (Å²) < 4.78 is 0.947. The summed E-state index contributed by atoms with van der Waals surface area (Å²) in [5, 5.41) is 0. The first kappa shape index (κ1) is 16.5. The molecule has 0 aliphatic heterocycles.